The Morgan fingerprint density at radius 3 is 3.07 bits per heavy atom. The molecule has 0 atom stereocenters. The lowest BCUT2D eigenvalue weighted by molar-refractivity contribution is -0.117. The lowest BCUT2D eigenvalue weighted by Crippen LogP contribution is -2.39. The molecule has 0 radical (unpaired) electrons. The van der Waals surface area contributed by atoms with Gasteiger partial charge < -0.3 is 10.6 Å². The molecule has 0 aromatic heterocycles. The van der Waals surface area contributed by atoms with Crippen molar-refractivity contribution in [1.82, 2.24) is 0 Å². The summed E-state index contributed by atoms with van der Waals surface area (Å²) in [6, 6.07) is 5.62. The minimum Gasteiger partial charge on any atom is -0.322 e. The Morgan fingerprint density at radius 2 is 2.33 bits per heavy atom. The molecular weight excluding hydrogens is 212 g/mol. The van der Waals surface area contributed by atoms with E-state index in [1.165, 1.54) is 0 Å². The highest BCUT2D eigenvalue weighted by Crippen LogP contribution is 2.29. The van der Waals surface area contributed by atoms with Gasteiger partial charge in [-0.15, -0.1) is 0 Å². The molecule has 1 aliphatic rings. The molecule has 1 amide bonds. The molecule has 80 valence electrons. The van der Waals surface area contributed by atoms with Crippen molar-refractivity contribution >= 4 is 23.2 Å². The second kappa shape index (κ2) is 4.21. The Bertz CT molecular complexity index is 392. The molecule has 1 aromatic carbocycles. The van der Waals surface area contributed by atoms with Crippen molar-refractivity contribution in [2.24, 2.45) is 5.73 Å². The molecule has 3 nitrogen and oxygen atoms in total. The maximum absolute atomic E-state index is 11.6. The monoisotopic (exact) mass is 224 g/mol. The van der Waals surface area contributed by atoms with Crippen LogP contribution in [-0.2, 0) is 11.2 Å². The van der Waals surface area contributed by atoms with Gasteiger partial charge in [0.1, 0.15) is 0 Å². The van der Waals surface area contributed by atoms with Crippen LogP contribution in [0.1, 0.15) is 12.0 Å². The number of halogens is 1. The van der Waals surface area contributed by atoms with Crippen molar-refractivity contribution in [3.63, 3.8) is 0 Å². The van der Waals surface area contributed by atoms with Crippen molar-refractivity contribution in [3.8, 4) is 0 Å². The number of anilines is 1. The number of benzene rings is 1. The van der Waals surface area contributed by atoms with Crippen LogP contribution in [0.3, 0.4) is 0 Å². The highest BCUT2D eigenvalue weighted by molar-refractivity contribution is 6.30. The molecule has 1 aromatic rings. The average Bonchev–Trinajstić information content (AvgIpc) is 2.26. The second-order valence-corrected chi connectivity index (χ2v) is 4.06. The summed E-state index contributed by atoms with van der Waals surface area (Å²) in [5.74, 6) is -0.0294. The zero-order chi connectivity index (χ0) is 10.8. The lowest BCUT2D eigenvalue weighted by Gasteiger charge is -2.29. The van der Waals surface area contributed by atoms with E-state index in [1.54, 1.807) is 4.90 Å². The Morgan fingerprint density at radius 1 is 1.53 bits per heavy atom. The van der Waals surface area contributed by atoms with Gasteiger partial charge in [-0.05, 0) is 36.6 Å². The molecule has 0 spiro atoms. The molecule has 15 heavy (non-hydrogen) atoms. The number of rotatable bonds is 1. The van der Waals surface area contributed by atoms with E-state index in [2.05, 4.69) is 0 Å². The van der Waals surface area contributed by atoms with Crippen molar-refractivity contribution in [3.05, 3.63) is 28.8 Å². The number of carbonyl (C=O) groups is 1. The van der Waals surface area contributed by atoms with Gasteiger partial charge >= 0.3 is 0 Å². The average molecular weight is 225 g/mol. The normalized spacial score (nSPS) is 14.9. The quantitative estimate of drug-likeness (QED) is 0.787. The van der Waals surface area contributed by atoms with Crippen molar-refractivity contribution in [1.29, 1.82) is 0 Å². The number of carbonyl (C=O) groups excluding carboxylic acids is 1. The van der Waals surface area contributed by atoms with E-state index < -0.39 is 0 Å². The first-order chi connectivity index (χ1) is 7.22. The maximum atomic E-state index is 11.6. The van der Waals surface area contributed by atoms with Crippen LogP contribution in [0, 0.1) is 0 Å². The van der Waals surface area contributed by atoms with E-state index in [9.17, 15) is 4.79 Å². The van der Waals surface area contributed by atoms with Gasteiger partial charge in [0.2, 0.25) is 5.91 Å². The standard InChI is InChI=1S/C11H13ClN2O/c12-9-3-4-10-8(6-9)2-1-5-14(10)11(15)7-13/h3-4,6H,1-2,5,7,13H2. The summed E-state index contributed by atoms with van der Waals surface area (Å²) in [6.45, 7) is 0.812. The van der Waals surface area contributed by atoms with E-state index in [-0.39, 0.29) is 12.5 Å². The molecule has 0 bridgehead atoms. The zero-order valence-corrected chi connectivity index (χ0v) is 9.13. The molecule has 4 heteroatoms. The molecule has 1 aliphatic heterocycles. The number of fused-ring (bicyclic) bond motifs is 1. The summed E-state index contributed by atoms with van der Waals surface area (Å²) >= 11 is 5.91. The van der Waals surface area contributed by atoms with Gasteiger partial charge in [0.05, 0.1) is 6.54 Å². The van der Waals surface area contributed by atoms with Crippen LogP contribution < -0.4 is 10.6 Å². The minimum absolute atomic E-state index is 0.0294. The molecule has 2 N–H and O–H groups in total. The first-order valence-corrected chi connectivity index (χ1v) is 5.39. The molecule has 0 saturated carbocycles. The number of hydrogen-bond donors (Lipinski definition) is 1. The van der Waals surface area contributed by atoms with Gasteiger partial charge in [-0.2, -0.15) is 0 Å². The van der Waals surface area contributed by atoms with Gasteiger partial charge in [0.15, 0.2) is 0 Å². The Labute approximate surface area is 93.8 Å². The second-order valence-electron chi connectivity index (χ2n) is 3.63. The van der Waals surface area contributed by atoms with Crippen molar-refractivity contribution in [2.75, 3.05) is 18.0 Å². The zero-order valence-electron chi connectivity index (χ0n) is 8.37. The fraction of sp³-hybridized carbons (Fsp3) is 0.364. The highest BCUT2D eigenvalue weighted by Gasteiger charge is 2.21. The highest BCUT2D eigenvalue weighted by atomic mass is 35.5. The van der Waals surface area contributed by atoms with Crippen LogP contribution in [0.2, 0.25) is 5.02 Å². The SMILES string of the molecule is NCC(=O)N1CCCc2cc(Cl)ccc21. The van der Waals surface area contributed by atoms with Crippen molar-refractivity contribution in [2.45, 2.75) is 12.8 Å². The summed E-state index contributed by atoms with van der Waals surface area (Å²) in [6.07, 6.45) is 1.95. The first-order valence-electron chi connectivity index (χ1n) is 5.01. The van der Waals surface area contributed by atoms with Crippen LogP contribution in [0.5, 0.6) is 0 Å². The lowest BCUT2D eigenvalue weighted by atomic mass is 10.0. The number of nitrogens with zero attached hydrogens (tertiary/aromatic N) is 1. The van der Waals surface area contributed by atoms with E-state index >= 15 is 0 Å². The Hall–Kier alpha value is -1.06. The molecule has 2 rings (SSSR count). The van der Waals surface area contributed by atoms with Crippen LogP contribution in [0.25, 0.3) is 0 Å². The number of aryl methyl sites for hydroxylation is 1. The minimum atomic E-state index is -0.0294. The Balaban J connectivity index is 2.38. The topological polar surface area (TPSA) is 46.3 Å². The molecular formula is C11H13ClN2O. The predicted octanol–water partition coefficient (Wildman–Crippen LogP) is 1.58. The van der Waals surface area contributed by atoms with Gasteiger partial charge in [-0.25, -0.2) is 0 Å². The summed E-state index contributed by atoms with van der Waals surface area (Å²) in [5, 5.41) is 0.718. The molecule has 0 aliphatic carbocycles. The van der Waals surface area contributed by atoms with Crippen molar-refractivity contribution < 1.29 is 4.79 Å². The van der Waals surface area contributed by atoms with E-state index in [0.29, 0.717) is 0 Å². The molecule has 0 fully saturated rings. The number of nitrogens with two attached hydrogens (primary N) is 1. The largest absolute Gasteiger partial charge is 0.322 e. The van der Waals surface area contributed by atoms with Gasteiger partial charge in [0.25, 0.3) is 0 Å². The van der Waals surface area contributed by atoms with Crippen LogP contribution in [0.15, 0.2) is 18.2 Å². The van der Waals surface area contributed by atoms with Crippen LogP contribution in [-0.4, -0.2) is 19.0 Å². The number of amides is 1. The van der Waals surface area contributed by atoms with E-state index in [0.717, 1.165) is 35.7 Å². The summed E-state index contributed by atoms with van der Waals surface area (Å²) in [7, 11) is 0. The fourth-order valence-corrected chi connectivity index (χ4v) is 2.13. The smallest absolute Gasteiger partial charge is 0.240 e. The Kier molecular flexibility index (Phi) is 2.93. The number of hydrogen-bond acceptors (Lipinski definition) is 2. The third kappa shape index (κ3) is 1.98. The fourth-order valence-electron chi connectivity index (χ4n) is 1.93. The third-order valence-corrected chi connectivity index (χ3v) is 2.87. The summed E-state index contributed by atoms with van der Waals surface area (Å²) in [4.78, 5) is 13.3. The van der Waals surface area contributed by atoms with Crippen LogP contribution >= 0.6 is 11.6 Å². The predicted molar refractivity (Wildman–Crippen MR) is 61.2 cm³/mol. The van der Waals surface area contributed by atoms with Gasteiger partial charge in [-0.3, -0.25) is 4.79 Å². The van der Waals surface area contributed by atoms with E-state index in [1.807, 2.05) is 18.2 Å². The van der Waals surface area contributed by atoms with Gasteiger partial charge in [0, 0.05) is 17.3 Å². The van der Waals surface area contributed by atoms with E-state index in [4.69, 9.17) is 17.3 Å². The molecule has 0 saturated heterocycles. The first kappa shape index (κ1) is 10.5. The van der Waals surface area contributed by atoms with Gasteiger partial charge in [-0.1, -0.05) is 11.6 Å². The maximum Gasteiger partial charge on any atom is 0.240 e. The summed E-state index contributed by atoms with van der Waals surface area (Å²) < 4.78 is 0. The molecule has 0 unspecified atom stereocenters. The van der Waals surface area contributed by atoms with Crippen LogP contribution in [0.4, 0.5) is 5.69 Å². The third-order valence-electron chi connectivity index (χ3n) is 2.64. The molecule has 1 heterocycles. The summed E-state index contributed by atoms with van der Waals surface area (Å²) in [5.41, 5.74) is 7.47.